The van der Waals surface area contributed by atoms with E-state index in [9.17, 15) is 4.79 Å². The number of ether oxygens (including phenoxy) is 1. The van der Waals surface area contributed by atoms with Crippen LogP contribution in [0.4, 0.5) is 0 Å². The quantitative estimate of drug-likeness (QED) is 0.822. The Bertz CT molecular complexity index is 703. The van der Waals surface area contributed by atoms with Gasteiger partial charge in [0.1, 0.15) is 5.75 Å². The summed E-state index contributed by atoms with van der Waals surface area (Å²) >= 11 is 7.54. The summed E-state index contributed by atoms with van der Waals surface area (Å²) in [6.07, 6.45) is 1.90. The summed E-state index contributed by atoms with van der Waals surface area (Å²) in [6.45, 7) is 0. The van der Waals surface area contributed by atoms with Crippen LogP contribution in [0.1, 0.15) is 23.6 Å². The van der Waals surface area contributed by atoms with Gasteiger partial charge in [-0.2, -0.15) is 0 Å². The van der Waals surface area contributed by atoms with Crippen LogP contribution in [0.15, 0.2) is 47.4 Å². The summed E-state index contributed by atoms with van der Waals surface area (Å²) < 4.78 is 5.13. The molecule has 0 fully saturated rings. The van der Waals surface area contributed by atoms with Crippen LogP contribution in [-0.2, 0) is 11.2 Å². The third-order valence-corrected chi connectivity index (χ3v) is 5.19. The molecule has 2 aromatic rings. The highest BCUT2D eigenvalue weighted by Gasteiger charge is 2.23. The van der Waals surface area contributed by atoms with E-state index in [0.717, 1.165) is 28.5 Å². The minimum Gasteiger partial charge on any atom is -0.497 e. The first-order valence-electron chi connectivity index (χ1n) is 7.50. The zero-order valence-corrected chi connectivity index (χ0v) is 14.4. The van der Waals surface area contributed by atoms with Gasteiger partial charge in [0.05, 0.1) is 18.9 Å². The summed E-state index contributed by atoms with van der Waals surface area (Å²) in [5.41, 5.74) is 2.43. The number of hydrogen-bond acceptors (Lipinski definition) is 3. The lowest BCUT2D eigenvalue weighted by Gasteiger charge is -2.14. The summed E-state index contributed by atoms with van der Waals surface area (Å²) in [6, 6.07) is 13.7. The van der Waals surface area contributed by atoms with Crippen molar-refractivity contribution >= 4 is 29.3 Å². The third kappa shape index (κ3) is 4.01. The number of rotatable bonds is 5. The molecule has 0 aliphatic heterocycles. The predicted molar refractivity (Wildman–Crippen MR) is 94.4 cm³/mol. The number of benzene rings is 2. The molecular weight excluding hydrogens is 330 g/mol. The molecule has 1 amide bonds. The first-order valence-corrected chi connectivity index (χ1v) is 8.86. The zero-order chi connectivity index (χ0) is 16.2. The van der Waals surface area contributed by atoms with Gasteiger partial charge in [0.25, 0.3) is 0 Å². The Kier molecular flexibility index (Phi) is 5.13. The van der Waals surface area contributed by atoms with Crippen molar-refractivity contribution in [2.45, 2.75) is 23.8 Å². The van der Waals surface area contributed by atoms with Crippen LogP contribution in [-0.4, -0.2) is 18.8 Å². The van der Waals surface area contributed by atoms with E-state index in [0.29, 0.717) is 5.75 Å². The minimum absolute atomic E-state index is 0.0543. The minimum atomic E-state index is 0.0543. The highest BCUT2D eigenvalue weighted by molar-refractivity contribution is 8.00. The summed E-state index contributed by atoms with van der Waals surface area (Å²) in [4.78, 5) is 13.2. The average molecular weight is 348 g/mol. The van der Waals surface area contributed by atoms with E-state index in [1.165, 1.54) is 22.9 Å². The lowest BCUT2D eigenvalue weighted by atomic mass is 10.1. The van der Waals surface area contributed by atoms with Crippen molar-refractivity contribution in [1.82, 2.24) is 5.32 Å². The Morgan fingerprint density at radius 2 is 2.09 bits per heavy atom. The normalized spacial score (nSPS) is 16.0. The average Bonchev–Trinajstić information content (AvgIpc) is 2.95. The summed E-state index contributed by atoms with van der Waals surface area (Å²) in [7, 11) is 1.64. The first-order chi connectivity index (χ1) is 11.2. The molecule has 120 valence electrons. The van der Waals surface area contributed by atoms with Gasteiger partial charge in [0, 0.05) is 9.92 Å². The van der Waals surface area contributed by atoms with Crippen LogP contribution in [0, 0.1) is 0 Å². The molecule has 1 aliphatic carbocycles. The van der Waals surface area contributed by atoms with Crippen molar-refractivity contribution in [3.63, 3.8) is 0 Å². The molecule has 0 radical (unpaired) electrons. The number of aryl methyl sites for hydroxylation is 1. The lowest BCUT2D eigenvalue weighted by molar-refractivity contribution is -0.119. The van der Waals surface area contributed by atoms with Crippen molar-refractivity contribution in [3.05, 3.63) is 58.6 Å². The van der Waals surface area contributed by atoms with Gasteiger partial charge in [-0.05, 0) is 60.4 Å². The topological polar surface area (TPSA) is 38.3 Å². The Labute approximate surface area is 145 Å². The van der Waals surface area contributed by atoms with Gasteiger partial charge in [-0.25, -0.2) is 0 Å². The maximum absolute atomic E-state index is 12.2. The molecule has 3 rings (SSSR count). The van der Waals surface area contributed by atoms with E-state index in [1.54, 1.807) is 7.11 Å². The molecule has 0 aromatic heterocycles. The Morgan fingerprint density at radius 1 is 1.30 bits per heavy atom. The Balaban J connectivity index is 1.54. The van der Waals surface area contributed by atoms with Crippen LogP contribution < -0.4 is 10.1 Å². The van der Waals surface area contributed by atoms with Gasteiger partial charge in [0.2, 0.25) is 5.91 Å². The summed E-state index contributed by atoms with van der Waals surface area (Å²) in [5.74, 6) is 1.28. The highest BCUT2D eigenvalue weighted by atomic mass is 35.5. The molecule has 23 heavy (non-hydrogen) atoms. The molecule has 1 aliphatic rings. The van der Waals surface area contributed by atoms with Crippen LogP contribution in [0.5, 0.6) is 5.75 Å². The van der Waals surface area contributed by atoms with E-state index < -0.39 is 0 Å². The van der Waals surface area contributed by atoms with Crippen LogP contribution in [0.3, 0.4) is 0 Å². The molecule has 5 heteroatoms. The Hall–Kier alpha value is -1.65. The van der Waals surface area contributed by atoms with Gasteiger partial charge < -0.3 is 10.1 Å². The van der Waals surface area contributed by atoms with Gasteiger partial charge in [-0.15, -0.1) is 11.8 Å². The number of methoxy groups -OCH3 is 1. The number of thioether (sulfide) groups is 1. The monoisotopic (exact) mass is 347 g/mol. The number of fused-ring (bicyclic) bond motifs is 1. The predicted octanol–water partition coefficient (Wildman–Crippen LogP) is 4.24. The van der Waals surface area contributed by atoms with Gasteiger partial charge in [-0.3, -0.25) is 4.79 Å². The lowest BCUT2D eigenvalue weighted by Crippen LogP contribution is -2.28. The number of carbonyl (C=O) groups excluding carboxylic acids is 1. The van der Waals surface area contributed by atoms with Crippen molar-refractivity contribution in [2.75, 3.05) is 12.9 Å². The smallest absolute Gasteiger partial charge is 0.230 e. The second kappa shape index (κ2) is 7.28. The molecule has 0 spiro atoms. The number of amides is 1. The van der Waals surface area contributed by atoms with Crippen LogP contribution in [0.25, 0.3) is 0 Å². The van der Waals surface area contributed by atoms with Gasteiger partial charge in [0.15, 0.2) is 0 Å². The van der Waals surface area contributed by atoms with E-state index in [4.69, 9.17) is 16.3 Å². The molecule has 0 heterocycles. The fourth-order valence-electron chi connectivity index (χ4n) is 2.79. The van der Waals surface area contributed by atoms with Crippen molar-refractivity contribution in [1.29, 1.82) is 0 Å². The van der Waals surface area contributed by atoms with E-state index >= 15 is 0 Å². The largest absolute Gasteiger partial charge is 0.497 e. The molecule has 0 bridgehead atoms. The molecular formula is C18H18ClNO2S. The van der Waals surface area contributed by atoms with E-state index in [2.05, 4.69) is 5.32 Å². The van der Waals surface area contributed by atoms with E-state index in [1.807, 2.05) is 42.5 Å². The number of nitrogens with one attached hydrogen (secondary N) is 1. The highest BCUT2D eigenvalue weighted by Crippen LogP contribution is 2.33. The molecule has 3 nitrogen and oxygen atoms in total. The van der Waals surface area contributed by atoms with Crippen LogP contribution >= 0.6 is 23.4 Å². The molecule has 0 saturated heterocycles. The summed E-state index contributed by atoms with van der Waals surface area (Å²) in [5, 5.41) is 3.88. The number of carbonyl (C=O) groups is 1. The van der Waals surface area contributed by atoms with E-state index in [-0.39, 0.29) is 11.9 Å². The third-order valence-electron chi connectivity index (χ3n) is 3.95. The van der Waals surface area contributed by atoms with Crippen molar-refractivity contribution in [3.8, 4) is 5.75 Å². The Morgan fingerprint density at radius 3 is 2.83 bits per heavy atom. The molecule has 1 N–H and O–H groups in total. The molecule has 1 unspecified atom stereocenters. The SMILES string of the molecule is COc1ccc(SCC(=O)NC2CCc3cc(Cl)ccc32)cc1. The van der Waals surface area contributed by atoms with Crippen LogP contribution in [0.2, 0.25) is 5.02 Å². The van der Waals surface area contributed by atoms with Crippen molar-refractivity contribution in [2.24, 2.45) is 0 Å². The zero-order valence-electron chi connectivity index (χ0n) is 12.8. The number of halogens is 1. The number of hydrogen-bond donors (Lipinski definition) is 1. The van der Waals surface area contributed by atoms with Gasteiger partial charge in [-0.1, -0.05) is 17.7 Å². The first kappa shape index (κ1) is 16.2. The molecule has 1 atom stereocenters. The van der Waals surface area contributed by atoms with Gasteiger partial charge >= 0.3 is 0 Å². The fourth-order valence-corrected chi connectivity index (χ4v) is 3.70. The fraction of sp³-hybridized carbons (Fsp3) is 0.278. The van der Waals surface area contributed by atoms with Crippen molar-refractivity contribution < 1.29 is 9.53 Å². The standard InChI is InChI=1S/C18H18ClNO2S/c1-22-14-4-6-15(7-5-14)23-11-18(21)20-17-9-2-12-10-13(19)3-8-16(12)17/h3-8,10,17H,2,9,11H2,1H3,(H,20,21). The maximum Gasteiger partial charge on any atom is 0.230 e. The molecule has 2 aromatic carbocycles. The second-order valence-corrected chi connectivity index (χ2v) is 6.95. The maximum atomic E-state index is 12.2. The molecule has 0 saturated carbocycles. The second-order valence-electron chi connectivity index (χ2n) is 5.47.